The standard InChI is InChI=1S/C10H8BrN3O3/c11-4-3-10(15)13-8-2-1-7(6-12)5-9(8)14(16)17/h1-2,5H,3-4H2,(H,13,15). The number of halogens is 1. The second-order valence-electron chi connectivity index (χ2n) is 3.09. The van der Waals surface area contributed by atoms with Crippen molar-refractivity contribution in [3.63, 3.8) is 0 Å². The molecule has 1 N–H and O–H groups in total. The molecule has 6 nitrogen and oxygen atoms in total. The predicted molar refractivity (Wildman–Crippen MR) is 64.9 cm³/mol. The number of amides is 1. The maximum Gasteiger partial charge on any atom is 0.294 e. The summed E-state index contributed by atoms with van der Waals surface area (Å²) in [7, 11) is 0. The van der Waals surface area contributed by atoms with Gasteiger partial charge in [0.2, 0.25) is 5.91 Å². The molecule has 7 heteroatoms. The number of anilines is 1. The van der Waals surface area contributed by atoms with Crippen LogP contribution in [0.15, 0.2) is 18.2 Å². The molecule has 17 heavy (non-hydrogen) atoms. The topological polar surface area (TPSA) is 96.0 Å². The van der Waals surface area contributed by atoms with Gasteiger partial charge in [0, 0.05) is 17.8 Å². The molecule has 0 unspecified atom stereocenters. The molecule has 0 saturated carbocycles. The molecule has 0 bridgehead atoms. The lowest BCUT2D eigenvalue weighted by Crippen LogP contribution is -2.12. The van der Waals surface area contributed by atoms with Gasteiger partial charge in [0.05, 0.1) is 16.6 Å². The summed E-state index contributed by atoms with van der Waals surface area (Å²) in [5.74, 6) is -0.324. The summed E-state index contributed by atoms with van der Waals surface area (Å²) in [5.41, 5.74) is -0.0119. The number of nitro groups is 1. The quantitative estimate of drug-likeness (QED) is 0.523. The van der Waals surface area contributed by atoms with Gasteiger partial charge in [-0.2, -0.15) is 5.26 Å². The Morgan fingerprint density at radius 2 is 2.29 bits per heavy atom. The molecular formula is C10H8BrN3O3. The Morgan fingerprint density at radius 1 is 1.59 bits per heavy atom. The molecule has 0 aliphatic rings. The van der Waals surface area contributed by atoms with Gasteiger partial charge in [-0.3, -0.25) is 14.9 Å². The van der Waals surface area contributed by atoms with Crippen LogP contribution in [-0.2, 0) is 4.79 Å². The van der Waals surface area contributed by atoms with E-state index in [0.29, 0.717) is 5.33 Å². The van der Waals surface area contributed by atoms with Crippen LogP contribution in [0.2, 0.25) is 0 Å². The highest BCUT2D eigenvalue weighted by Crippen LogP contribution is 2.25. The Morgan fingerprint density at radius 3 is 2.82 bits per heavy atom. The van der Waals surface area contributed by atoms with Crippen LogP contribution in [0.1, 0.15) is 12.0 Å². The van der Waals surface area contributed by atoms with Crippen LogP contribution in [0.3, 0.4) is 0 Å². The zero-order chi connectivity index (χ0) is 12.8. The van der Waals surface area contributed by atoms with Crippen molar-refractivity contribution in [3.8, 4) is 6.07 Å². The van der Waals surface area contributed by atoms with Gasteiger partial charge in [0.25, 0.3) is 5.69 Å². The number of nitrogens with one attached hydrogen (secondary N) is 1. The normalized spacial score (nSPS) is 9.41. The largest absolute Gasteiger partial charge is 0.320 e. The summed E-state index contributed by atoms with van der Waals surface area (Å²) in [5, 5.41) is 22.3. The van der Waals surface area contributed by atoms with E-state index >= 15 is 0 Å². The summed E-state index contributed by atoms with van der Waals surface area (Å²) in [6, 6.07) is 5.70. The van der Waals surface area contributed by atoms with Crippen molar-refractivity contribution in [2.24, 2.45) is 0 Å². The number of carbonyl (C=O) groups is 1. The first-order valence-corrected chi connectivity index (χ1v) is 5.75. The Balaban J connectivity index is 3.03. The van der Waals surface area contributed by atoms with Crippen LogP contribution in [-0.4, -0.2) is 16.2 Å². The first kappa shape index (κ1) is 13.1. The molecule has 0 saturated heterocycles. The van der Waals surface area contributed by atoms with Crippen LogP contribution in [0, 0.1) is 21.4 Å². The smallest absolute Gasteiger partial charge is 0.294 e. The average molecular weight is 298 g/mol. The van der Waals surface area contributed by atoms with Gasteiger partial charge in [-0.25, -0.2) is 0 Å². The number of alkyl halides is 1. The fourth-order valence-electron chi connectivity index (χ4n) is 1.16. The minimum absolute atomic E-state index is 0.0972. The Bertz CT molecular complexity index is 496. The molecule has 0 fully saturated rings. The van der Waals surface area contributed by atoms with E-state index in [9.17, 15) is 14.9 Å². The van der Waals surface area contributed by atoms with E-state index in [-0.39, 0.29) is 29.3 Å². The van der Waals surface area contributed by atoms with E-state index in [1.165, 1.54) is 12.1 Å². The Kier molecular flexibility index (Phi) is 4.60. The number of nitro benzene ring substituents is 1. The zero-order valence-corrected chi connectivity index (χ0v) is 10.2. The van der Waals surface area contributed by atoms with E-state index in [4.69, 9.17) is 5.26 Å². The number of carbonyl (C=O) groups excluding carboxylic acids is 1. The molecule has 1 aromatic carbocycles. The summed E-state index contributed by atoms with van der Waals surface area (Å²) in [4.78, 5) is 21.4. The first-order chi connectivity index (χ1) is 8.08. The molecule has 0 aliphatic carbocycles. The molecular weight excluding hydrogens is 290 g/mol. The van der Waals surface area contributed by atoms with Crippen LogP contribution in [0.4, 0.5) is 11.4 Å². The van der Waals surface area contributed by atoms with Crippen molar-refractivity contribution >= 4 is 33.2 Å². The summed E-state index contributed by atoms with van der Waals surface area (Å²) >= 11 is 3.10. The van der Waals surface area contributed by atoms with Crippen LogP contribution in [0.5, 0.6) is 0 Å². The third-order valence-corrected chi connectivity index (χ3v) is 2.32. The van der Waals surface area contributed by atoms with Crippen molar-refractivity contribution in [3.05, 3.63) is 33.9 Å². The third kappa shape index (κ3) is 3.53. The van der Waals surface area contributed by atoms with Gasteiger partial charge in [0.1, 0.15) is 5.69 Å². The van der Waals surface area contributed by atoms with E-state index in [1.54, 1.807) is 6.07 Å². The second kappa shape index (κ2) is 5.96. The number of nitriles is 1. The highest BCUT2D eigenvalue weighted by molar-refractivity contribution is 9.09. The molecule has 0 atom stereocenters. The highest BCUT2D eigenvalue weighted by atomic mass is 79.9. The molecule has 88 valence electrons. The van der Waals surface area contributed by atoms with Crippen molar-refractivity contribution < 1.29 is 9.72 Å². The third-order valence-electron chi connectivity index (χ3n) is 1.92. The van der Waals surface area contributed by atoms with Crippen LogP contribution < -0.4 is 5.32 Å². The fourth-order valence-corrected chi connectivity index (χ4v) is 1.52. The molecule has 1 aromatic rings. The fraction of sp³-hybridized carbons (Fsp3) is 0.200. The number of nitrogens with zero attached hydrogens (tertiary/aromatic N) is 2. The van der Waals surface area contributed by atoms with Gasteiger partial charge in [-0.15, -0.1) is 0 Å². The average Bonchev–Trinajstić information content (AvgIpc) is 2.29. The molecule has 1 rings (SSSR count). The number of rotatable bonds is 4. The summed E-state index contributed by atoms with van der Waals surface area (Å²) in [6.45, 7) is 0. The maximum absolute atomic E-state index is 11.3. The number of hydrogen-bond donors (Lipinski definition) is 1. The van der Waals surface area contributed by atoms with E-state index in [1.807, 2.05) is 0 Å². The minimum Gasteiger partial charge on any atom is -0.320 e. The number of hydrogen-bond acceptors (Lipinski definition) is 4. The molecule has 0 heterocycles. The van der Waals surface area contributed by atoms with Crippen molar-refractivity contribution in [2.75, 3.05) is 10.6 Å². The minimum atomic E-state index is -0.634. The van der Waals surface area contributed by atoms with Gasteiger partial charge in [-0.05, 0) is 12.1 Å². The zero-order valence-electron chi connectivity index (χ0n) is 8.64. The Hall–Kier alpha value is -1.94. The van der Waals surface area contributed by atoms with E-state index in [2.05, 4.69) is 21.2 Å². The van der Waals surface area contributed by atoms with E-state index < -0.39 is 4.92 Å². The first-order valence-electron chi connectivity index (χ1n) is 4.63. The van der Waals surface area contributed by atoms with Crippen molar-refractivity contribution in [1.82, 2.24) is 0 Å². The summed E-state index contributed by atoms with van der Waals surface area (Å²) in [6.07, 6.45) is 0.219. The monoisotopic (exact) mass is 297 g/mol. The lowest BCUT2D eigenvalue weighted by molar-refractivity contribution is -0.383. The van der Waals surface area contributed by atoms with Gasteiger partial charge < -0.3 is 5.32 Å². The highest BCUT2D eigenvalue weighted by Gasteiger charge is 2.16. The van der Waals surface area contributed by atoms with E-state index in [0.717, 1.165) is 6.07 Å². The number of benzene rings is 1. The SMILES string of the molecule is N#Cc1ccc(NC(=O)CCBr)c([N+](=O)[O-])c1. The maximum atomic E-state index is 11.3. The molecule has 1 amide bonds. The Labute approximate surface area is 106 Å². The van der Waals surface area contributed by atoms with Gasteiger partial charge in [0.15, 0.2) is 0 Å². The van der Waals surface area contributed by atoms with Crippen molar-refractivity contribution in [2.45, 2.75) is 6.42 Å². The lowest BCUT2D eigenvalue weighted by Gasteiger charge is -2.04. The van der Waals surface area contributed by atoms with Gasteiger partial charge >= 0.3 is 0 Å². The molecule has 0 radical (unpaired) electrons. The van der Waals surface area contributed by atoms with Gasteiger partial charge in [-0.1, -0.05) is 15.9 Å². The lowest BCUT2D eigenvalue weighted by atomic mass is 10.2. The van der Waals surface area contributed by atoms with Crippen molar-refractivity contribution in [1.29, 1.82) is 5.26 Å². The molecule has 0 aromatic heterocycles. The predicted octanol–water partition coefficient (Wildman–Crippen LogP) is 2.19. The van der Waals surface area contributed by atoms with Crippen LogP contribution in [0.25, 0.3) is 0 Å². The summed E-state index contributed by atoms with van der Waals surface area (Å²) < 4.78 is 0. The molecule has 0 spiro atoms. The second-order valence-corrected chi connectivity index (χ2v) is 3.88. The van der Waals surface area contributed by atoms with Crippen LogP contribution >= 0.6 is 15.9 Å². The molecule has 0 aliphatic heterocycles.